The molecule has 0 spiro atoms. The van der Waals surface area contributed by atoms with E-state index in [1.54, 1.807) is 0 Å². The Morgan fingerprint density at radius 1 is 0.962 bits per heavy atom. The van der Waals surface area contributed by atoms with Crippen LogP contribution in [0.5, 0.6) is 0 Å². The van der Waals surface area contributed by atoms with Crippen LogP contribution in [0.25, 0.3) is 0 Å². The fraction of sp³-hybridized carbons (Fsp3) is 0.667. The van der Waals surface area contributed by atoms with Crippen molar-refractivity contribution in [2.75, 3.05) is 55.6 Å². The van der Waals surface area contributed by atoms with Gasteiger partial charge in [0.15, 0.2) is 11.6 Å². The first kappa shape index (κ1) is 17.1. The first-order valence-corrected chi connectivity index (χ1v) is 9.60. The van der Waals surface area contributed by atoms with Crippen molar-refractivity contribution < 1.29 is 9.59 Å². The number of nitrogens with zero attached hydrogens (tertiary/aromatic N) is 5. The highest BCUT2D eigenvalue weighted by atomic mass is 16.2. The summed E-state index contributed by atoms with van der Waals surface area (Å²) in [5.74, 6) is 1.98. The number of hydrogen-bond acceptors (Lipinski definition) is 6. The zero-order valence-electron chi connectivity index (χ0n) is 15.1. The minimum absolute atomic E-state index is 0.0508. The van der Waals surface area contributed by atoms with Gasteiger partial charge in [-0.05, 0) is 31.4 Å². The molecule has 3 fully saturated rings. The monoisotopic (exact) mass is 358 g/mol. The highest BCUT2D eigenvalue weighted by Crippen LogP contribution is 2.21. The molecule has 3 aliphatic rings. The van der Waals surface area contributed by atoms with E-state index in [0.29, 0.717) is 32.5 Å². The predicted octanol–water partition coefficient (Wildman–Crippen LogP) is 0.252. The molecule has 3 aliphatic heterocycles. The smallest absolute Gasteiger partial charge is 0.227 e. The summed E-state index contributed by atoms with van der Waals surface area (Å²) in [5, 5.41) is 11.6. The van der Waals surface area contributed by atoms with Gasteiger partial charge >= 0.3 is 0 Å². The molecule has 8 heteroatoms. The second-order valence-electron chi connectivity index (χ2n) is 7.30. The van der Waals surface area contributed by atoms with E-state index in [-0.39, 0.29) is 17.7 Å². The normalized spacial score (nSPS) is 23.9. The molecule has 2 amide bonds. The molecule has 0 bridgehead atoms. The number of rotatable bonds is 3. The Bertz CT molecular complexity index is 640. The van der Waals surface area contributed by atoms with E-state index >= 15 is 0 Å². The topological polar surface area (TPSA) is 81.7 Å². The van der Waals surface area contributed by atoms with Gasteiger partial charge in [0.05, 0.1) is 5.92 Å². The minimum atomic E-state index is -0.0706. The van der Waals surface area contributed by atoms with Crippen LogP contribution in [-0.4, -0.2) is 72.7 Å². The van der Waals surface area contributed by atoms with Crippen LogP contribution in [0.2, 0.25) is 0 Å². The Hall–Kier alpha value is -2.38. The third kappa shape index (κ3) is 3.59. The van der Waals surface area contributed by atoms with E-state index in [2.05, 4.69) is 31.4 Å². The summed E-state index contributed by atoms with van der Waals surface area (Å²) in [7, 11) is 0. The molecule has 8 nitrogen and oxygen atoms in total. The molecule has 1 aromatic heterocycles. The van der Waals surface area contributed by atoms with Crippen molar-refractivity contribution in [2.45, 2.75) is 25.7 Å². The third-order valence-corrected chi connectivity index (χ3v) is 5.60. The second-order valence-corrected chi connectivity index (χ2v) is 7.30. The van der Waals surface area contributed by atoms with Gasteiger partial charge in [0.25, 0.3) is 0 Å². The molecular weight excluding hydrogens is 332 g/mol. The van der Waals surface area contributed by atoms with Crippen molar-refractivity contribution in [2.24, 2.45) is 5.92 Å². The van der Waals surface area contributed by atoms with Crippen molar-refractivity contribution in [1.29, 1.82) is 0 Å². The molecule has 0 aliphatic carbocycles. The van der Waals surface area contributed by atoms with Gasteiger partial charge in [-0.25, -0.2) is 0 Å². The standard InChI is InChI=1S/C18H26N6O2/c25-17-6-3-14(13-19-17)18(26)24-11-9-23(10-12-24)16-5-4-15(20-21-16)22-7-1-2-8-22/h4-5,14H,1-3,6-13H2,(H,19,25). The molecule has 26 heavy (non-hydrogen) atoms. The van der Waals surface area contributed by atoms with E-state index in [1.165, 1.54) is 12.8 Å². The predicted molar refractivity (Wildman–Crippen MR) is 98.0 cm³/mol. The Morgan fingerprint density at radius 3 is 2.12 bits per heavy atom. The Kier molecular flexibility index (Phi) is 4.90. The zero-order valence-corrected chi connectivity index (χ0v) is 15.1. The van der Waals surface area contributed by atoms with Crippen molar-refractivity contribution in [1.82, 2.24) is 20.4 Å². The zero-order chi connectivity index (χ0) is 17.9. The van der Waals surface area contributed by atoms with Crippen molar-refractivity contribution in [3.63, 3.8) is 0 Å². The third-order valence-electron chi connectivity index (χ3n) is 5.60. The number of aromatic nitrogens is 2. The summed E-state index contributed by atoms with van der Waals surface area (Å²) >= 11 is 0. The quantitative estimate of drug-likeness (QED) is 0.834. The second kappa shape index (κ2) is 7.47. The first-order chi connectivity index (χ1) is 12.7. The van der Waals surface area contributed by atoms with Gasteiger partial charge in [0.2, 0.25) is 11.8 Å². The van der Waals surface area contributed by atoms with Gasteiger partial charge in [0.1, 0.15) is 0 Å². The first-order valence-electron chi connectivity index (χ1n) is 9.60. The van der Waals surface area contributed by atoms with Crippen LogP contribution in [0.3, 0.4) is 0 Å². The average Bonchev–Trinajstić information content (AvgIpc) is 3.23. The van der Waals surface area contributed by atoms with Crippen molar-refractivity contribution >= 4 is 23.5 Å². The van der Waals surface area contributed by atoms with Gasteiger partial charge in [0, 0.05) is 52.2 Å². The SMILES string of the molecule is O=C1CCC(C(=O)N2CCN(c3ccc(N4CCCC4)nn3)CC2)CN1. The average molecular weight is 358 g/mol. The van der Waals surface area contributed by atoms with Crippen LogP contribution < -0.4 is 15.1 Å². The van der Waals surface area contributed by atoms with Crippen LogP contribution >= 0.6 is 0 Å². The maximum Gasteiger partial charge on any atom is 0.227 e. The van der Waals surface area contributed by atoms with Gasteiger partial charge in [-0.1, -0.05) is 0 Å². The molecule has 4 rings (SSSR count). The van der Waals surface area contributed by atoms with Crippen LogP contribution in [-0.2, 0) is 9.59 Å². The summed E-state index contributed by atoms with van der Waals surface area (Å²) in [4.78, 5) is 30.3. The van der Waals surface area contributed by atoms with E-state index < -0.39 is 0 Å². The number of piperidine rings is 1. The molecule has 140 valence electrons. The molecule has 0 radical (unpaired) electrons. The van der Waals surface area contributed by atoms with Crippen LogP contribution in [0.1, 0.15) is 25.7 Å². The van der Waals surface area contributed by atoms with Crippen LogP contribution in [0.15, 0.2) is 12.1 Å². The maximum atomic E-state index is 12.6. The fourth-order valence-electron chi connectivity index (χ4n) is 3.96. The van der Waals surface area contributed by atoms with Gasteiger partial charge < -0.3 is 20.0 Å². The Labute approximate surface area is 153 Å². The van der Waals surface area contributed by atoms with E-state index in [4.69, 9.17) is 0 Å². The lowest BCUT2D eigenvalue weighted by atomic mass is 9.97. The maximum absolute atomic E-state index is 12.6. The van der Waals surface area contributed by atoms with Crippen molar-refractivity contribution in [3.8, 4) is 0 Å². The van der Waals surface area contributed by atoms with E-state index in [9.17, 15) is 9.59 Å². The summed E-state index contributed by atoms with van der Waals surface area (Å²) in [6, 6.07) is 4.09. The van der Waals surface area contributed by atoms with E-state index in [0.717, 1.165) is 37.8 Å². The molecule has 1 unspecified atom stereocenters. The molecule has 3 saturated heterocycles. The number of carbonyl (C=O) groups excluding carboxylic acids is 2. The van der Waals surface area contributed by atoms with Crippen LogP contribution in [0, 0.1) is 5.92 Å². The van der Waals surface area contributed by atoms with E-state index in [1.807, 2.05) is 11.0 Å². The molecule has 1 aromatic rings. The molecule has 1 N–H and O–H groups in total. The van der Waals surface area contributed by atoms with Crippen LogP contribution in [0.4, 0.5) is 11.6 Å². The highest BCUT2D eigenvalue weighted by Gasteiger charge is 2.30. The van der Waals surface area contributed by atoms with Gasteiger partial charge in [-0.2, -0.15) is 0 Å². The summed E-state index contributed by atoms with van der Waals surface area (Å²) < 4.78 is 0. The number of hydrogen-bond donors (Lipinski definition) is 1. The summed E-state index contributed by atoms with van der Waals surface area (Å²) in [6.45, 7) is 5.52. The molecule has 0 saturated carbocycles. The van der Waals surface area contributed by atoms with Gasteiger partial charge in [-0.3, -0.25) is 9.59 Å². The number of nitrogens with one attached hydrogen (secondary N) is 1. The molecular formula is C18H26N6O2. The number of carbonyl (C=O) groups is 2. The number of amides is 2. The largest absolute Gasteiger partial charge is 0.355 e. The van der Waals surface area contributed by atoms with Crippen molar-refractivity contribution in [3.05, 3.63) is 12.1 Å². The lowest BCUT2D eigenvalue weighted by molar-refractivity contribution is -0.137. The Morgan fingerprint density at radius 2 is 1.58 bits per heavy atom. The lowest BCUT2D eigenvalue weighted by Crippen LogP contribution is -2.52. The highest BCUT2D eigenvalue weighted by molar-refractivity contribution is 5.84. The molecule has 4 heterocycles. The summed E-state index contributed by atoms with van der Waals surface area (Å²) in [5.41, 5.74) is 0. The number of piperazine rings is 1. The Balaban J connectivity index is 1.30. The minimum Gasteiger partial charge on any atom is -0.355 e. The number of anilines is 2. The molecule has 1 atom stereocenters. The summed E-state index contributed by atoms with van der Waals surface area (Å²) in [6.07, 6.45) is 3.57. The lowest BCUT2D eigenvalue weighted by Gasteiger charge is -2.37. The van der Waals surface area contributed by atoms with Gasteiger partial charge in [-0.15, -0.1) is 10.2 Å². The molecule has 0 aromatic carbocycles. The fourth-order valence-corrected chi connectivity index (χ4v) is 3.96.